The van der Waals surface area contributed by atoms with Gasteiger partial charge in [-0.15, -0.1) is 0 Å². The lowest BCUT2D eigenvalue weighted by Gasteiger charge is -2.31. The van der Waals surface area contributed by atoms with Crippen LogP contribution in [0, 0.1) is 0 Å². The van der Waals surface area contributed by atoms with Gasteiger partial charge < -0.3 is 20.3 Å². The van der Waals surface area contributed by atoms with E-state index in [9.17, 15) is 9.59 Å². The summed E-state index contributed by atoms with van der Waals surface area (Å²) in [5.74, 6) is 0.0959. The van der Waals surface area contributed by atoms with Crippen molar-refractivity contribution in [2.45, 2.75) is 83.5 Å². The summed E-state index contributed by atoms with van der Waals surface area (Å²) in [6.07, 6.45) is 4.55. The smallest absolute Gasteiger partial charge is 0.410 e. The Morgan fingerprint density at radius 2 is 2.13 bits per heavy atom. The highest BCUT2D eigenvalue weighted by molar-refractivity contribution is 5.82. The van der Waals surface area contributed by atoms with Crippen molar-refractivity contribution >= 4 is 12.0 Å². The maximum absolute atomic E-state index is 12.3. The van der Waals surface area contributed by atoms with E-state index in [1.54, 1.807) is 0 Å². The molecule has 132 valence electrons. The van der Waals surface area contributed by atoms with E-state index in [0.29, 0.717) is 0 Å². The van der Waals surface area contributed by atoms with Crippen molar-refractivity contribution in [3.63, 3.8) is 0 Å². The normalized spacial score (nSPS) is 26.8. The van der Waals surface area contributed by atoms with Crippen LogP contribution in [-0.4, -0.2) is 53.7 Å². The number of nitrogens with one attached hydrogen (secondary N) is 2. The van der Waals surface area contributed by atoms with Gasteiger partial charge in [-0.1, -0.05) is 0 Å². The summed E-state index contributed by atoms with van der Waals surface area (Å²) >= 11 is 0. The number of carbonyl (C=O) groups excluding carboxylic acids is 2. The lowest BCUT2D eigenvalue weighted by atomic mass is 10.0. The zero-order valence-electron chi connectivity index (χ0n) is 14.9. The molecule has 0 aromatic carbocycles. The van der Waals surface area contributed by atoms with E-state index in [4.69, 9.17) is 4.74 Å². The predicted molar refractivity (Wildman–Crippen MR) is 89.2 cm³/mol. The molecule has 0 aromatic heterocycles. The molecule has 0 aliphatic carbocycles. The van der Waals surface area contributed by atoms with Gasteiger partial charge in [0.2, 0.25) is 5.91 Å². The molecule has 6 nitrogen and oxygen atoms in total. The number of rotatable bonds is 4. The summed E-state index contributed by atoms with van der Waals surface area (Å²) in [4.78, 5) is 26.0. The van der Waals surface area contributed by atoms with Crippen LogP contribution in [0.4, 0.5) is 4.79 Å². The highest BCUT2D eigenvalue weighted by atomic mass is 16.6. The van der Waals surface area contributed by atoms with Crippen molar-refractivity contribution in [1.82, 2.24) is 15.5 Å². The molecule has 0 aromatic rings. The van der Waals surface area contributed by atoms with E-state index in [1.807, 2.05) is 25.7 Å². The average molecular weight is 325 g/mol. The van der Waals surface area contributed by atoms with E-state index in [0.717, 1.165) is 45.2 Å². The number of hydrogen-bond acceptors (Lipinski definition) is 4. The Bertz CT molecular complexity index is 433. The topological polar surface area (TPSA) is 70.7 Å². The minimum atomic E-state index is -0.464. The van der Waals surface area contributed by atoms with Gasteiger partial charge in [-0.2, -0.15) is 0 Å². The predicted octanol–water partition coefficient (Wildman–Crippen LogP) is 2.03. The maximum Gasteiger partial charge on any atom is 0.410 e. The van der Waals surface area contributed by atoms with Gasteiger partial charge >= 0.3 is 6.09 Å². The number of nitrogens with zero attached hydrogens (tertiary/aromatic N) is 1. The van der Waals surface area contributed by atoms with Crippen molar-refractivity contribution in [3.05, 3.63) is 0 Å². The molecule has 2 saturated heterocycles. The molecule has 2 fully saturated rings. The standard InChI is InChI=1S/C17H31N3O3/c1-12(19-14-8-5-9-18-15(14)21)11-13-7-6-10-20(13)16(22)23-17(2,3)4/h12-14,19H,5-11H2,1-4H3,(H,18,21). The molecule has 3 atom stereocenters. The molecule has 0 saturated carbocycles. The van der Waals surface area contributed by atoms with Gasteiger partial charge in [0.25, 0.3) is 0 Å². The number of hydrogen-bond donors (Lipinski definition) is 2. The van der Waals surface area contributed by atoms with Crippen LogP contribution in [0.15, 0.2) is 0 Å². The lowest BCUT2D eigenvalue weighted by Crippen LogP contribution is -2.52. The molecule has 2 aliphatic heterocycles. The number of carbonyl (C=O) groups is 2. The first-order valence-corrected chi connectivity index (χ1v) is 8.79. The zero-order valence-corrected chi connectivity index (χ0v) is 14.9. The minimum absolute atomic E-state index is 0.0959. The fraction of sp³-hybridized carbons (Fsp3) is 0.882. The second kappa shape index (κ2) is 7.51. The Morgan fingerprint density at radius 1 is 1.39 bits per heavy atom. The first kappa shape index (κ1) is 18.0. The van der Waals surface area contributed by atoms with E-state index in [2.05, 4.69) is 17.6 Å². The SMILES string of the molecule is CC(CC1CCCN1C(=O)OC(C)(C)C)NC1CCCNC1=O. The molecule has 6 heteroatoms. The molecule has 2 N–H and O–H groups in total. The summed E-state index contributed by atoms with van der Waals surface area (Å²) in [5.41, 5.74) is -0.464. The zero-order chi connectivity index (χ0) is 17.0. The fourth-order valence-electron chi connectivity index (χ4n) is 3.39. The van der Waals surface area contributed by atoms with Gasteiger partial charge in [0.05, 0.1) is 6.04 Å². The minimum Gasteiger partial charge on any atom is -0.444 e. The molecule has 2 amide bonds. The maximum atomic E-state index is 12.3. The second-order valence-corrected chi connectivity index (χ2v) is 7.76. The Hall–Kier alpha value is -1.30. The summed E-state index contributed by atoms with van der Waals surface area (Å²) in [5, 5.41) is 6.31. The number of likely N-dealkylation sites (tertiary alicyclic amines) is 1. The van der Waals surface area contributed by atoms with Crippen LogP contribution in [0.1, 0.15) is 59.8 Å². The van der Waals surface area contributed by atoms with Gasteiger partial charge in [-0.3, -0.25) is 4.79 Å². The molecule has 2 rings (SSSR count). The Balaban J connectivity index is 1.85. The van der Waals surface area contributed by atoms with Crippen molar-refractivity contribution < 1.29 is 14.3 Å². The van der Waals surface area contributed by atoms with Crippen molar-refractivity contribution in [3.8, 4) is 0 Å². The highest BCUT2D eigenvalue weighted by Gasteiger charge is 2.33. The van der Waals surface area contributed by atoms with Crippen molar-refractivity contribution in [2.75, 3.05) is 13.1 Å². The molecule has 2 heterocycles. The third-order valence-electron chi connectivity index (χ3n) is 4.40. The van der Waals surface area contributed by atoms with Crippen LogP contribution in [0.3, 0.4) is 0 Å². The monoisotopic (exact) mass is 325 g/mol. The number of piperidine rings is 1. The quantitative estimate of drug-likeness (QED) is 0.830. The Morgan fingerprint density at radius 3 is 2.78 bits per heavy atom. The van der Waals surface area contributed by atoms with Crippen molar-refractivity contribution in [1.29, 1.82) is 0 Å². The highest BCUT2D eigenvalue weighted by Crippen LogP contribution is 2.24. The second-order valence-electron chi connectivity index (χ2n) is 7.76. The van der Waals surface area contributed by atoms with E-state index < -0.39 is 5.60 Å². The van der Waals surface area contributed by atoms with Crippen molar-refractivity contribution in [2.24, 2.45) is 0 Å². The average Bonchev–Trinajstić information content (AvgIpc) is 2.87. The Kier molecular flexibility index (Phi) is 5.89. The fourth-order valence-corrected chi connectivity index (χ4v) is 3.39. The number of ether oxygens (including phenoxy) is 1. The van der Waals surface area contributed by atoms with Crippen LogP contribution in [0.5, 0.6) is 0 Å². The molecular weight excluding hydrogens is 294 g/mol. The third kappa shape index (κ3) is 5.37. The summed E-state index contributed by atoms with van der Waals surface area (Å²) < 4.78 is 5.50. The van der Waals surface area contributed by atoms with Crippen LogP contribution in [0.2, 0.25) is 0 Å². The van der Waals surface area contributed by atoms with E-state index in [1.165, 1.54) is 0 Å². The first-order chi connectivity index (χ1) is 10.8. The molecule has 3 unspecified atom stereocenters. The Labute approximate surface area is 139 Å². The van der Waals surface area contributed by atoms with Crippen LogP contribution in [0.25, 0.3) is 0 Å². The van der Waals surface area contributed by atoms with Gasteiger partial charge in [0.1, 0.15) is 5.60 Å². The molecular formula is C17H31N3O3. The lowest BCUT2D eigenvalue weighted by molar-refractivity contribution is -0.124. The van der Waals surface area contributed by atoms with Gasteiger partial charge in [0, 0.05) is 25.2 Å². The molecule has 23 heavy (non-hydrogen) atoms. The van der Waals surface area contributed by atoms with Gasteiger partial charge in [0.15, 0.2) is 0 Å². The van der Waals surface area contributed by atoms with E-state index in [-0.39, 0.29) is 30.1 Å². The molecule has 0 spiro atoms. The first-order valence-electron chi connectivity index (χ1n) is 8.79. The van der Waals surface area contributed by atoms with E-state index >= 15 is 0 Å². The summed E-state index contributed by atoms with van der Waals surface area (Å²) in [6.45, 7) is 9.30. The number of amides is 2. The van der Waals surface area contributed by atoms with Gasteiger partial charge in [-0.25, -0.2) is 4.79 Å². The molecule has 0 bridgehead atoms. The molecule has 0 radical (unpaired) electrons. The summed E-state index contributed by atoms with van der Waals surface area (Å²) in [6, 6.07) is 0.283. The third-order valence-corrected chi connectivity index (χ3v) is 4.40. The van der Waals surface area contributed by atoms with Crippen LogP contribution in [-0.2, 0) is 9.53 Å². The van der Waals surface area contributed by atoms with Crippen LogP contribution < -0.4 is 10.6 Å². The largest absolute Gasteiger partial charge is 0.444 e. The summed E-state index contributed by atoms with van der Waals surface area (Å²) in [7, 11) is 0. The molecule has 2 aliphatic rings. The van der Waals surface area contributed by atoms with Crippen LogP contribution >= 0.6 is 0 Å². The van der Waals surface area contributed by atoms with Gasteiger partial charge in [-0.05, 0) is 59.8 Å².